The molecular weight excluding hydrogens is 619 g/mol. The zero-order chi connectivity index (χ0) is 28.4. The number of esters is 1. The Kier molecular flexibility index (Phi) is 8.34. The lowest BCUT2D eigenvalue weighted by atomic mass is 10.0. The SMILES string of the molecule is CCOC(=O)C1=C(C)N=c2s/c(=C\c3cc(Br)c(OCc4ccccc4F)c(OC)c3)c(=O)n2[C@@H]1c1cccs1. The van der Waals surface area contributed by atoms with Crippen LogP contribution in [0.5, 0.6) is 11.5 Å². The lowest BCUT2D eigenvalue weighted by molar-refractivity contribution is -0.139. The van der Waals surface area contributed by atoms with E-state index in [0.717, 1.165) is 4.88 Å². The lowest BCUT2D eigenvalue weighted by Gasteiger charge is -2.23. The number of allylic oxidation sites excluding steroid dienone is 1. The minimum atomic E-state index is -0.632. The maximum Gasteiger partial charge on any atom is 0.338 e. The number of benzene rings is 2. The second-order valence-electron chi connectivity index (χ2n) is 8.73. The number of aromatic nitrogens is 1. The van der Waals surface area contributed by atoms with Gasteiger partial charge in [0.1, 0.15) is 18.5 Å². The Hall–Kier alpha value is -3.54. The van der Waals surface area contributed by atoms with Gasteiger partial charge in [-0.25, -0.2) is 14.2 Å². The van der Waals surface area contributed by atoms with Crippen molar-refractivity contribution in [1.82, 2.24) is 4.57 Å². The number of methoxy groups -OCH3 is 1. The van der Waals surface area contributed by atoms with E-state index in [1.54, 1.807) is 54.8 Å². The molecule has 0 radical (unpaired) electrons. The highest BCUT2D eigenvalue weighted by atomic mass is 79.9. The summed E-state index contributed by atoms with van der Waals surface area (Å²) in [7, 11) is 1.51. The van der Waals surface area contributed by atoms with Gasteiger partial charge in [0.25, 0.3) is 5.56 Å². The number of hydrogen-bond acceptors (Lipinski definition) is 8. The van der Waals surface area contributed by atoms with Crippen molar-refractivity contribution in [1.29, 1.82) is 0 Å². The molecule has 3 heterocycles. The molecule has 2 aromatic carbocycles. The van der Waals surface area contributed by atoms with Gasteiger partial charge in [-0.05, 0) is 71.1 Å². The van der Waals surface area contributed by atoms with Crippen molar-refractivity contribution in [2.24, 2.45) is 4.99 Å². The van der Waals surface area contributed by atoms with Crippen LogP contribution in [0.2, 0.25) is 0 Å². The molecular formula is C29H24BrFN2O5S2. The minimum absolute atomic E-state index is 0.0183. The van der Waals surface area contributed by atoms with Gasteiger partial charge >= 0.3 is 5.97 Å². The number of rotatable bonds is 8. The van der Waals surface area contributed by atoms with E-state index in [1.807, 2.05) is 17.5 Å². The van der Waals surface area contributed by atoms with Crippen molar-refractivity contribution in [3.8, 4) is 11.5 Å². The molecule has 0 aliphatic carbocycles. The summed E-state index contributed by atoms with van der Waals surface area (Å²) in [5, 5.41) is 1.91. The number of nitrogens with zero attached hydrogens (tertiary/aromatic N) is 2. The predicted octanol–water partition coefficient (Wildman–Crippen LogP) is 5.35. The lowest BCUT2D eigenvalue weighted by Crippen LogP contribution is -2.39. The van der Waals surface area contributed by atoms with E-state index in [9.17, 15) is 14.0 Å². The van der Waals surface area contributed by atoms with Gasteiger partial charge < -0.3 is 14.2 Å². The Morgan fingerprint density at radius 3 is 2.73 bits per heavy atom. The largest absolute Gasteiger partial charge is 0.493 e. The third kappa shape index (κ3) is 5.41. The summed E-state index contributed by atoms with van der Waals surface area (Å²) in [5.74, 6) is -0.0127. The summed E-state index contributed by atoms with van der Waals surface area (Å²) in [5.41, 5.74) is 1.70. The van der Waals surface area contributed by atoms with Gasteiger partial charge in [-0.15, -0.1) is 11.3 Å². The van der Waals surface area contributed by atoms with Crippen LogP contribution in [-0.4, -0.2) is 24.3 Å². The van der Waals surface area contributed by atoms with Gasteiger partial charge in [-0.2, -0.15) is 0 Å². The van der Waals surface area contributed by atoms with Crippen LogP contribution in [0.25, 0.3) is 6.08 Å². The number of thiazole rings is 1. The average molecular weight is 644 g/mol. The molecule has 1 aliphatic heterocycles. The zero-order valence-electron chi connectivity index (χ0n) is 21.8. The first kappa shape index (κ1) is 28.0. The third-order valence-corrected chi connectivity index (χ3v) is 8.71. The maximum absolute atomic E-state index is 14.1. The molecule has 0 unspecified atom stereocenters. The molecule has 5 rings (SSSR count). The first-order chi connectivity index (χ1) is 19.3. The van der Waals surface area contributed by atoms with Crippen LogP contribution in [0.1, 0.15) is 35.9 Å². The van der Waals surface area contributed by atoms with E-state index < -0.39 is 12.0 Å². The molecule has 206 valence electrons. The molecule has 7 nitrogen and oxygen atoms in total. The van der Waals surface area contributed by atoms with E-state index in [0.29, 0.717) is 47.7 Å². The Balaban J connectivity index is 1.56. The second kappa shape index (κ2) is 11.9. The second-order valence-corrected chi connectivity index (χ2v) is 11.6. The van der Waals surface area contributed by atoms with Gasteiger partial charge in [-0.1, -0.05) is 35.6 Å². The smallest absolute Gasteiger partial charge is 0.338 e. The molecule has 1 aliphatic rings. The fraction of sp³-hybridized carbons (Fsp3) is 0.207. The molecule has 0 amide bonds. The predicted molar refractivity (Wildman–Crippen MR) is 156 cm³/mol. The number of carbonyl (C=O) groups is 1. The highest BCUT2D eigenvalue weighted by Crippen LogP contribution is 2.38. The summed E-state index contributed by atoms with van der Waals surface area (Å²) in [6.07, 6.45) is 1.74. The molecule has 0 fully saturated rings. The van der Waals surface area contributed by atoms with E-state index >= 15 is 0 Å². The standard InChI is InChI=1S/C29H24BrFN2O5S2/c1-4-37-28(35)24-16(2)32-29-33(25(24)22-10-7-11-39-22)27(34)23(40-29)14-17-12-19(30)26(21(13-17)36-3)38-15-18-8-5-6-9-20(18)31/h5-14,25H,4,15H2,1-3H3/b23-14-/t25-/m1/s1. The molecule has 0 saturated carbocycles. The Bertz CT molecular complexity index is 1790. The topological polar surface area (TPSA) is 79.1 Å². The first-order valence-electron chi connectivity index (χ1n) is 12.3. The van der Waals surface area contributed by atoms with Crippen molar-refractivity contribution >= 4 is 50.6 Å². The van der Waals surface area contributed by atoms with Crippen LogP contribution < -0.4 is 24.4 Å². The molecule has 0 spiro atoms. The number of halogens is 2. The van der Waals surface area contributed by atoms with Gasteiger partial charge in [0.15, 0.2) is 16.3 Å². The van der Waals surface area contributed by atoms with Gasteiger partial charge in [0.2, 0.25) is 0 Å². The molecule has 0 saturated heterocycles. The van der Waals surface area contributed by atoms with Gasteiger partial charge in [-0.3, -0.25) is 9.36 Å². The molecule has 1 atom stereocenters. The fourth-order valence-corrected chi connectivity index (χ4v) is 6.83. The molecule has 11 heteroatoms. The molecule has 0 bridgehead atoms. The number of thiophene rings is 1. The number of hydrogen-bond donors (Lipinski definition) is 0. The van der Waals surface area contributed by atoms with Crippen LogP contribution in [-0.2, 0) is 16.1 Å². The number of carbonyl (C=O) groups excluding carboxylic acids is 1. The number of ether oxygens (including phenoxy) is 3. The van der Waals surface area contributed by atoms with E-state index in [2.05, 4.69) is 20.9 Å². The Labute approximate surface area is 245 Å². The van der Waals surface area contributed by atoms with Crippen LogP contribution in [0, 0.1) is 5.82 Å². The van der Waals surface area contributed by atoms with E-state index in [-0.39, 0.29) is 24.6 Å². The minimum Gasteiger partial charge on any atom is -0.493 e. The zero-order valence-corrected chi connectivity index (χ0v) is 25.0. The summed E-state index contributed by atoms with van der Waals surface area (Å²) >= 11 is 6.23. The molecule has 4 aromatic rings. The fourth-order valence-electron chi connectivity index (χ4n) is 4.39. The van der Waals surface area contributed by atoms with Gasteiger partial charge in [0.05, 0.1) is 34.0 Å². The van der Waals surface area contributed by atoms with E-state index in [1.165, 1.54) is 35.8 Å². The van der Waals surface area contributed by atoms with Crippen molar-refractivity contribution in [2.45, 2.75) is 26.5 Å². The summed E-state index contributed by atoms with van der Waals surface area (Å²) in [6, 6.07) is 13.1. The molecule has 40 heavy (non-hydrogen) atoms. The molecule has 2 aromatic heterocycles. The average Bonchev–Trinajstić information content (AvgIpc) is 3.56. The third-order valence-electron chi connectivity index (χ3n) is 6.21. The first-order valence-corrected chi connectivity index (χ1v) is 14.8. The van der Waals surface area contributed by atoms with Crippen molar-refractivity contribution in [2.75, 3.05) is 13.7 Å². The van der Waals surface area contributed by atoms with Crippen LogP contribution in [0.4, 0.5) is 4.39 Å². The summed E-state index contributed by atoms with van der Waals surface area (Å²) < 4.78 is 33.4. The monoisotopic (exact) mass is 642 g/mol. The Morgan fingerprint density at radius 1 is 1.23 bits per heavy atom. The van der Waals surface area contributed by atoms with Crippen LogP contribution in [0.15, 0.2) is 79.4 Å². The Morgan fingerprint density at radius 2 is 2.02 bits per heavy atom. The van der Waals surface area contributed by atoms with Crippen molar-refractivity contribution in [3.05, 3.63) is 111 Å². The van der Waals surface area contributed by atoms with Crippen molar-refractivity contribution in [3.63, 3.8) is 0 Å². The van der Waals surface area contributed by atoms with Crippen molar-refractivity contribution < 1.29 is 23.4 Å². The maximum atomic E-state index is 14.1. The highest BCUT2D eigenvalue weighted by Gasteiger charge is 2.33. The normalized spacial score (nSPS) is 15.0. The summed E-state index contributed by atoms with van der Waals surface area (Å²) in [6.45, 7) is 3.73. The van der Waals surface area contributed by atoms with E-state index in [4.69, 9.17) is 14.2 Å². The van der Waals surface area contributed by atoms with Gasteiger partial charge in [0, 0.05) is 10.4 Å². The van der Waals surface area contributed by atoms with Crippen LogP contribution >= 0.6 is 38.6 Å². The quantitative estimate of drug-likeness (QED) is 0.242. The van der Waals surface area contributed by atoms with Crippen LogP contribution in [0.3, 0.4) is 0 Å². The number of fused-ring (bicyclic) bond motifs is 1. The molecule has 0 N–H and O–H groups in total. The highest BCUT2D eigenvalue weighted by molar-refractivity contribution is 9.10. The summed E-state index contributed by atoms with van der Waals surface area (Å²) in [4.78, 5) is 32.6.